The number of nitrogens with two attached hydrogens (primary N) is 1. The molecular weight excluding hydrogens is 300 g/mol. The van der Waals surface area contributed by atoms with Crippen LogP contribution in [0.5, 0.6) is 0 Å². The largest absolute Gasteiger partial charge is 0.375 e. The maximum Gasteiger partial charge on any atom is 0.180 e. The normalized spacial score (nSPS) is 10.9. The molecule has 3 aromatic rings. The number of nitrogen functional groups attached to an aromatic ring is 1. The molecule has 102 valence electrons. The molecule has 0 unspecified atom stereocenters. The number of hydrogen-bond acceptors (Lipinski definition) is 5. The van der Waals surface area contributed by atoms with Crippen molar-refractivity contribution >= 4 is 27.8 Å². The fourth-order valence-electron chi connectivity index (χ4n) is 1.85. The van der Waals surface area contributed by atoms with Gasteiger partial charge in [-0.25, -0.2) is 18.7 Å². The van der Waals surface area contributed by atoms with Crippen LogP contribution in [0.25, 0.3) is 21.1 Å². The molecule has 0 saturated carbocycles. The van der Waals surface area contributed by atoms with E-state index >= 15 is 0 Å². The Morgan fingerprint density at radius 2 is 1.85 bits per heavy atom. The number of thiazole rings is 2. The van der Waals surface area contributed by atoms with Gasteiger partial charge in [0, 0.05) is 5.38 Å². The van der Waals surface area contributed by atoms with Crippen LogP contribution < -0.4 is 5.73 Å². The van der Waals surface area contributed by atoms with Gasteiger partial charge in [-0.3, -0.25) is 0 Å². The molecule has 0 atom stereocenters. The van der Waals surface area contributed by atoms with Gasteiger partial charge >= 0.3 is 0 Å². The molecule has 0 aliphatic rings. The standard InChI is InChI=1S/C13H9F2N3S2/c1-6-11(20-13(16)17-6)9-5-19-12(18-9)10-7(14)3-2-4-8(10)15/h2-5H,1H3,(H2,16,17). The van der Waals surface area contributed by atoms with E-state index in [2.05, 4.69) is 9.97 Å². The Kier molecular flexibility index (Phi) is 3.23. The molecule has 3 rings (SSSR count). The third-order valence-electron chi connectivity index (χ3n) is 2.73. The molecule has 0 radical (unpaired) electrons. The molecule has 0 aliphatic heterocycles. The van der Waals surface area contributed by atoms with E-state index in [-0.39, 0.29) is 5.56 Å². The molecule has 7 heteroatoms. The summed E-state index contributed by atoms with van der Waals surface area (Å²) in [5.41, 5.74) is 6.95. The Morgan fingerprint density at radius 1 is 1.15 bits per heavy atom. The van der Waals surface area contributed by atoms with Crippen molar-refractivity contribution in [3.05, 3.63) is 40.9 Å². The van der Waals surface area contributed by atoms with Gasteiger partial charge in [-0.15, -0.1) is 11.3 Å². The van der Waals surface area contributed by atoms with Crippen LogP contribution in [-0.2, 0) is 0 Å². The fourth-order valence-corrected chi connectivity index (χ4v) is 3.58. The lowest BCUT2D eigenvalue weighted by atomic mass is 10.2. The second kappa shape index (κ2) is 4.92. The van der Waals surface area contributed by atoms with Crippen molar-refractivity contribution in [2.24, 2.45) is 0 Å². The van der Waals surface area contributed by atoms with Crippen LogP contribution in [-0.4, -0.2) is 9.97 Å². The predicted molar refractivity (Wildman–Crippen MR) is 77.7 cm³/mol. The molecule has 0 aliphatic carbocycles. The first kappa shape index (κ1) is 13.1. The molecule has 0 bridgehead atoms. The highest BCUT2D eigenvalue weighted by atomic mass is 32.1. The molecule has 2 heterocycles. The van der Waals surface area contributed by atoms with Gasteiger partial charge in [-0.05, 0) is 19.1 Å². The number of rotatable bonds is 2. The van der Waals surface area contributed by atoms with Crippen LogP contribution in [0.2, 0.25) is 0 Å². The minimum absolute atomic E-state index is 0.0982. The van der Waals surface area contributed by atoms with Crippen molar-refractivity contribution in [2.45, 2.75) is 6.92 Å². The van der Waals surface area contributed by atoms with E-state index in [1.165, 1.54) is 40.9 Å². The van der Waals surface area contributed by atoms with E-state index in [0.717, 1.165) is 10.6 Å². The van der Waals surface area contributed by atoms with Crippen molar-refractivity contribution < 1.29 is 8.78 Å². The summed E-state index contributed by atoms with van der Waals surface area (Å²) in [6, 6.07) is 3.77. The van der Waals surface area contributed by atoms with Gasteiger partial charge in [0.1, 0.15) is 16.6 Å². The average molecular weight is 309 g/mol. The van der Waals surface area contributed by atoms with Crippen LogP contribution >= 0.6 is 22.7 Å². The lowest BCUT2D eigenvalue weighted by Gasteiger charge is -2.00. The van der Waals surface area contributed by atoms with E-state index in [0.29, 0.717) is 15.8 Å². The highest BCUT2D eigenvalue weighted by molar-refractivity contribution is 7.19. The summed E-state index contributed by atoms with van der Waals surface area (Å²) < 4.78 is 27.5. The highest BCUT2D eigenvalue weighted by Crippen LogP contribution is 2.36. The second-order valence-corrected chi connectivity index (χ2v) is 5.99. The molecular formula is C13H9F2N3S2. The third-order valence-corrected chi connectivity index (χ3v) is 4.60. The van der Waals surface area contributed by atoms with Gasteiger partial charge in [-0.1, -0.05) is 17.4 Å². The van der Waals surface area contributed by atoms with Gasteiger partial charge in [-0.2, -0.15) is 0 Å². The molecule has 20 heavy (non-hydrogen) atoms. The quantitative estimate of drug-likeness (QED) is 0.775. The van der Waals surface area contributed by atoms with Gasteiger partial charge in [0.2, 0.25) is 0 Å². The first-order valence-electron chi connectivity index (χ1n) is 5.69. The molecule has 0 spiro atoms. The first-order chi connectivity index (χ1) is 9.56. The summed E-state index contributed by atoms with van der Waals surface area (Å²) in [4.78, 5) is 9.24. The van der Waals surface area contributed by atoms with Crippen LogP contribution in [0.3, 0.4) is 0 Å². The summed E-state index contributed by atoms with van der Waals surface area (Å²) in [5.74, 6) is -1.24. The summed E-state index contributed by atoms with van der Waals surface area (Å²) in [7, 11) is 0. The minimum atomic E-state index is -0.619. The zero-order valence-corrected chi connectivity index (χ0v) is 12.0. The predicted octanol–water partition coefficient (Wildman–Crippen LogP) is 4.10. The van der Waals surface area contributed by atoms with Crippen LogP contribution in [0.15, 0.2) is 23.6 Å². The van der Waals surface area contributed by atoms with Crippen molar-refractivity contribution in [3.63, 3.8) is 0 Å². The maximum atomic E-state index is 13.7. The Hall–Kier alpha value is -1.86. The Balaban J connectivity index is 2.09. The van der Waals surface area contributed by atoms with Crippen molar-refractivity contribution in [1.29, 1.82) is 0 Å². The maximum absolute atomic E-state index is 13.7. The van der Waals surface area contributed by atoms with E-state index in [1.54, 1.807) is 5.38 Å². The Labute approximate surface area is 121 Å². The first-order valence-corrected chi connectivity index (χ1v) is 7.39. The molecule has 1 aromatic carbocycles. The van der Waals surface area contributed by atoms with Crippen LogP contribution in [0.4, 0.5) is 13.9 Å². The SMILES string of the molecule is Cc1nc(N)sc1-c1csc(-c2c(F)cccc2F)n1. The number of aryl methyl sites for hydroxylation is 1. The second-order valence-electron chi connectivity index (χ2n) is 4.10. The summed E-state index contributed by atoms with van der Waals surface area (Å²) >= 11 is 2.50. The van der Waals surface area contributed by atoms with Gasteiger partial charge in [0.05, 0.1) is 21.8 Å². The summed E-state index contributed by atoms with van der Waals surface area (Å²) in [5, 5.41) is 2.51. The Morgan fingerprint density at radius 3 is 2.45 bits per heavy atom. The number of halogens is 2. The van der Waals surface area contributed by atoms with Gasteiger partial charge < -0.3 is 5.73 Å². The third kappa shape index (κ3) is 2.19. The lowest BCUT2D eigenvalue weighted by Crippen LogP contribution is -1.89. The molecule has 0 amide bonds. The van der Waals surface area contributed by atoms with Crippen LogP contribution in [0, 0.1) is 18.6 Å². The smallest absolute Gasteiger partial charge is 0.180 e. The van der Waals surface area contributed by atoms with Crippen molar-refractivity contribution in [1.82, 2.24) is 9.97 Å². The molecule has 0 saturated heterocycles. The van der Waals surface area contributed by atoms with Gasteiger partial charge in [0.25, 0.3) is 0 Å². The van der Waals surface area contributed by atoms with Crippen molar-refractivity contribution in [2.75, 3.05) is 5.73 Å². The van der Waals surface area contributed by atoms with Gasteiger partial charge in [0.15, 0.2) is 5.13 Å². The molecule has 0 fully saturated rings. The molecule has 2 N–H and O–H groups in total. The molecule has 3 nitrogen and oxygen atoms in total. The number of benzene rings is 1. The van der Waals surface area contributed by atoms with E-state index in [1.807, 2.05) is 6.92 Å². The van der Waals surface area contributed by atoms with Crippen molar-refractivity contribution in [3.8, 4) is 21.1 Å². The zero-order valence-electron chi connectivity index (χ0n) is 10.4. The highest BCUT2D eigenvalue weighted by Gasteiger charge is 2.17. The lowest BCUT2D eigenvalue weighted by molar-refractivity contribution is 0.589. The van der Waals surface area contributed by atoms with E-state index in [4.69, 9.17) is 5.73 Å². The fraction of sp³-hybridized carbons (Fsp3) is 0.0769. The number of anilines is 1. The average Bonchev–Trinajstić information content (AvgIpc) is 2.96. The topological polar surface area (TPSA) is 51.8 Å². The molecule has 2 aromatic heterocycles. The summed E-state index contributed by atoms with van der Waals surface area (Å²) in [6.45, 7) is 1.82. The number of nitrogens with zero attached hydrogens (tertiary/aromatic N) is 2. The minimum Gasteiger partial charge on any atom is -0.375 e. The van der Waals surface area contributed by atoms with E-state index in [9.17, 15) is 8.78 Å². The number of hydrogen-bond donors (Lipinski definition) is 1. The zero-order chi connectivity index (χ0) is 14.3. The summed E-state index contributed by atoms with van der Waals surface area (Å²) in [6.07, 6.45) is 0. The van der Waals surface area contributed by atoms with E-state index < -0.39 is 11.6 Å². The van der Waals surface area contributed by atoms with Crippen LogP contribution in [0.1, 0.15) is 5.69 Å². The monoisotopic (exact) mass is 309 g/mol. The Bertz CT molecular complexity index is 760. The number of aromatic nitrogens is 2.